The van der Waals surface area contributed by atoms with Crippen molar-refractivity contribution in [2.45, 2.75) is 25.7 Å². The second-order valence-corrected chi connectivity index (χ2v) is 3.86. The number of carboxylic acids is 1. The molecule has 6 nitrogen and oxygen atoms in total. The highest BCUT2D eigenvalue weighted by molar-refractivity contribution is 5.78. The van der Waals surface area contributed by atoms with Crippen LogP contribution in [-0.2, 0) is 4.79 Å². The number of nitro benzene ring substituents is 1. The lowest BCUT2D eigenvalue weighted by molar-refractivity contribution is -0.385. The number of rotatable bonds is 6. The number of nitrogens with zero attached hydrogens (tertiary/aromatic N) is 1. The van der Waals surface area contributed by atoms with Gasteiger partial charge in [-0.1, -0.05) is 13.3 Å². The molecule has 0 saturated carbocycles. The Labute approximate surface area is 104 Å². The lowest BCUT2D eigenvalue weighted by Crippen LogP contribution is -2.13. The minimum atomic E-state index is -1.05. The fourth-order valence-electron chi connectivity index (χ4n) is 1.80. The fraction of sp³-hybridized carbons (Fsp3) is 0.417. The first-order valence-corrected chi connectivity index (χ1v) is 5.56. The van der Waals surface area contributed by atoms with Crippen LogP contribution in [0.25, 0.3) is 0 Å². The number of aliphatic carboxylic acids is 1. The first-order chi connectivity index (χ1) is 8.51. The van der Waals surface area contributed by atoms with Crippen LogP contribution in [0.1, 0.15) is 31.2 Å². The second-order valence-electron chi connectivity index (χ2n) is 3.86. The van der Waals surface area contributed by atoms with E-state index in [-0.39, 0.29) is 11.3 Å². The maximum absolute atomic E-state index is 11.2. The van der Waals surface area contributed by atoms with Crippen molar-refractivity contribution in [3.05, 3.63) is 33.9 Å². The number of ether oxygens (including phenoxy) is 1. The topological polar surface area (TPSA) is 89.7 Å². The van der Waals surface area contributed by atoms with E-state index in [1.165, 1.54) is 25.3 Å². The van der Waals surface area contributed by atoms with Crippen molar-refractivity contribution in [3.63, 3.8) is 0 Å². The summed E-state index contributed by atoms with van der Waals surface area (Å²) >= 11 is 0. The van der Waals surface area contributed by atoms with E-state index in [1.54, 1.807) is 0 Å². The van der Waals surface area contributed by atoms with Crippen molar-refractivity contribution < 1.29 is 19.6 Å². The Morgan fingerprint density at radius 1 is 1.56 bits per heavy atom. The molecule has 0 bridgehead atoms. The predicted octanol–water partition coefficient (Wildman–Crippen LogP) is 2.57. The minimum absolute atomic E-state index is 0.213. The van der Waals surface area contributed by atoms with E-state index in [9.17, 15) is 14.9 Å². The first-order valence-electron chi connectivity index (χ1n) is 5.56. The van der Waals surface area contributed by atoms with Crippen LogP contribution in [-0.4, -0.2) is 23.1 Å². The summed E-state index contributed by atoms with van der Waals surface area (Å²) in [5.41, 5.74) is 0.00495. The maximum Gasteiger partial charge on any atom is 0.311 e. The molecule has 1 aromatic rings. The zero-order valence-electron chi connectivity index (χ0n) is 10.3. The molecular weight excluding hydrogens is 238 g/mol. The third-order valence-electron chi connectivity index (χ3n) is 2.69. The Bertz CT molecular complexity index is 458. The lowest BCUT2D eigenvalue weighted by atomic mass is 9.93. The first kappa shape index (κ1) is 14.0. The Balaban J connectivity index is 3.28. The summed E-state index contributed by atoms with van der Waals surface area (Å²) in [5, 5.41) is 20.1. The average molecular weight is 253 g/mol. The van der Waals surface area contributed by atoms with Crippen LogP contribution in [0, 0.1) is 10.1 Å². The highest BCUT2D eigenvalue weighted by Crippen LogP contribution is 2.33. The monoisotopic (exact) mass is 253 g/mol. The molecule has 0 heterocycles. The van der Waals surface area contributed by atoms with Crippen LogP contribution in [0.2, 0.25) is 0 Å². The maximum atomic E-state index is 11.2. The molecule has 1 rings (SSSR count). The van der Waals surface area contributed by atoms with E-state index in [4.69, 9.17) is 9.84 Å². The summed E-state index contributed by atoms with van der Waals surface area (Å²) < 4.78 is 4.91. The van der Waals surface area contributed by atoms with Gasteiger partial charge in [-0.3, -0.25) is 14.9 Å². The predicted molar refractivity (Wildman–Crippen MR) is 64.9 cm³/mol. The third kappa shape index (κ3) is 2.97. The Morgan fingerprint density at radius 2 is 2.22 bits per heavy atom. The van der Waals surface area contributed by atoms with Gasteiger partial charge in [-0.25, -0.2) is 0 Å². The van der Waals surface area contributed by atoms with E-state index in [2.05, 4.69) is 0 Å². The van der Waals surface area contributed by atoms with Crippen molar-refractivity contribution in [3.8, 4) is 5.75 Å². The number of carboxylic acid groups (broad SMARTS) is 1. The van der Waals surface area contributed by atoms with Crippen LogP contribution in [0.5, 0.6) is 5.75 Å². The molecule has 0 fully saturated rings. The standard InChI is InChI=1S/C12H15NO5/c1-3-4-10(12(14)15)9-6-5-8(18-2)7-11(9)13(16)17/h5-7,10H,3-4H2,1-2H3,(H,14,15). The van der Waals surface area contributed by atoms with Gasteiger partial charge in [0.2, 0.25) is 0 Å². The van der Waals surface area contributed by atoms with E-state index >= 15 is 0 Å². The van der Waals surface area contributed by atoms with Gasteiger partial charge < -0.3 is 9.84 Å². The number of hydrogen-bond donors (Lipinski definition) is 1. The van der Waals surface area contributed by atoms with Crippen molar-refractivity contribution >= 4 is 11.7 Å². The summed E-state index contributed by atoms with van der Waals surface area (Å²) in [7, 11) is 1.40. The van der Waals surface area contributed by atoms with Gasteiger partial charge in [-0.15, -0.1) is 0 Å². The average Bonchev–Trinajstić information content (AvgIpc) is 2.34. The summed E-state index contributed by atoms with van der Waals surface area (Å²) in [5.74, 6) is -1.57. The molecule has 0 amide bonds. The quantitative estimate of drug-likeness (QED) is 0.621. The molecule has 1 aromatic carbocycles. The van der Waals surface area contributed by atoms with Crippen LogP contribution < -0.4 is 4.74 Å². The van der Waals surface area contributed by atoms with Crippen LogP contribution in [0.15, 0.2) is 18.2 Å². The SMILES string of the molecule is CCCC(C(=O)O)c1ccc(OC)cc1[N+](=O)[O-]. The molecule has 6 heteroatoms. The Hall–Kier alpha value is -2.11. The van der Waals surface area contributed by atoms with Gasteiger partial charge in [0.25, 0.3) is 5.69 Å². The molecule has 0 saturated heterocycles. The highest BCUT2D eigenvalue weighted by atomic mass is 16.6. The molecule has 1 atom stereocenters. The molecule has 1 N–H and O–H groups in total. The van der Waals surface area contributed by atoms with Gasteiger partial charge in [-0.05, 0) is 18.6 Å². The summed E-state index contributed by atoms with van der Waals surface area (Å²) in [4.78, 5) is 21.6. The van der Waals surface area contributed by atoms with Crippen molar-refractivity contribution in [1.82, 2.24) is 0 Å². The highest BCUT2D eigenvalue weighted by Gasteiger charge is 2.27. The molecule has 18 heavy (non-hydrogen) atoms. The van der Waals surface area contributed by atoms with E-state index < -0.39 is 16.8 Å². The van der Waals surface area contributed by atoms with Gasteiger partial charge in [0.1, 0.15) is 5.75 Å². The van der Waals surface area contributed by atoms with Gasteiger partial charge in [0.05, 0.1) is 24.0 Å². The molecular formula is C12H15NO5. The van der Waals surface area contributed by atoms with Crippen molar-refractivity contribution in [2.75, 3.05) is 7.11 Å². The second kappa shape index (κ2) is 6.00. The molecule has 98 valence electrons. The smallest absolute Gasteiger partial charge is 0.311 e. The fourth-order valence-corrected chi connectivity index (χ4v) is 1.80. The van der Waals surface area contributed by atoms with Gasteiger partial charge in [0, 0.05) is 5.56 Å². The number of hydrogen-bond acceptors (Lipinski definition) is 4. The van der Waals surface area contributed by atoms with Crippen LogP contribution in [0.4, 0.5) is 5.69 Å². The largest absolute Gasteiger partial charge is 0.497 e. The zero-order chi connectivity index (χ0) is 13.7. The molecule has 0 aliphatic rings. The van der Waals surface area contributed by atoms with Crippen LogP contribution in [0.3, 0.4) is 0 Å². The van der Waals surface area contributed by atoms with Gasteiger partial charge in [-0.2, -0.15) is 0 Å². The summed E-state index contributed by atoms with van der Waals surface area (Å²) in [6.07, 6.45) is 1.00. The lowest BCUT2D eigenvalue weighted by Gasteiger charge is -2.12. The number of methoxy groups -OCH3 is 1. The number of benzene rings is 1. The zero-order valence-corrected chi connectivity index (χ0v) is 10.3. The Kier molecular flexibility index (Phi) is 4.65. The third-order valence-corrected chi connectivity index (χ3v) is 2.69. The summed E-state index contributed by atoms with van der Waals surface area (Å²) in [6, 6.07) is 4.24. The minimum Gasteiger partial charge on any atom is -0.497 e. The molecule has 0 aromatic heterocycles. The van der Waals surface area contributed by atoms with E-state index in [1.807, 2.05) is 6.92 Å². The van der Waals surface area contributed by atoms with Gasteiger partial charge in [0.15, 0.2) is 0 Å². The van der Waals surface area contributed by atoms with E-state index in [0.29, 0.717) is 18.6 Å². The molecule has 0 radical (unpaired) electrons. The molecule has 0 aliphatic heterocycles. The number of carbonyl (C=O) groups is 1. The van der Waals surface area contributed by atoms with Crippen molar-refractivity contribution in [1.29, 1.82) is 0 Å². The Morgan fingerprint density at radius 3 is 2.67 bits per heavy atom. The van der Waals surface area contributed by atoms with E-state index in [0.717, 1.165) is 0 Å². The van der Waals surface area contributed by atoms with Crippen LogP contribution >= 0.6 is 0 Å². The van der Waals surface area contributed by atoms with Crippen molar-refractivity contribution in [2.24, 2.45) is 0 Å². The summed E-state index contributed by atoms with van der Waals surface area (Å²) in [6.45, 7) is 1.84. The molecule has 0 aliphatic carbocycles. The normalized spacial score (nSPS) is 11.9. The van der Waals surface area contributed by atoms with Gasteiger partial charge >= 0.3 is 5.97 Å². The molecule has 1 unspecified atom stereocenters. The number of nitro groups is 1. The molecule has 0 spiro atoms.